The van der Waals surface area contributed by atoms with Gasteiger partial charge in [0.1, 0.15) is 0 Å². The Morgan fingerprint density at radius 1 is 1.25 bits per heavy atom. The lowest BCUT2D eigenvalue weighted by atomic mass is 10.1. The summed E-state index contributed by atoms with van der Waals surface area (Å²) in [4.78, 5) is 16.7. The van der Waals surface area contributed by atoms with E-state index in [4.69, 9.17) is 9.47 Å². The van der Waals surface area contributed by atoms with Crippen LogP contribution in [0.2, 0.25) is 0 Å². The summed E-state index contributed by atoms with van der Waals surface area (Å²) in [6.07, 6.45) is 3.80. The number of nitrogens with zero attached hydrogens (tertiary/aromatic N) is 2. The van der Waals surface area contributed by atoms with Crippen molar-refractivity contribution in [3.63, 3.8) is 0 Å². The van der Waals surface area contributed by atoms with Crippen LogP contribution in [0.4, 0.5) is 0 Å². The molecule has 0 bridgehead atoms. The summed E-state index contributed by atoms with van der Waals surface area (Å²) in [7, 11) is 2.16. The highest BCUT2D eigenvalue weighted by Crippen LogP contribution is 2.29. The predicted molar refractivity (Wildman–Crippen MR) is 75.5 cm³/mol. The summed E-state index contributed by atoms with van der Waals surface area (Å²) in [6, 6.07) is 0. The zero-order valence-electron chi connectivity index (χ0n) is 12.4. The summed E-state index contributed by atoms with van der Waals surface area (Å²) >= 11 is 0. The molecule has 1 aliphatic carbocycles. The lowest BCUT2D eigenvalue weighted by Gasteiger charge is -2.36. The SMILES string of the molecule is CN(CC1CC1)C[C@@H]1CN(C(=O)[C@@H]2CCOC2)CCO1. The number of rotatable bonds is 5. The minimum atomic E-state index is 0.0814. The number of hydrogen-bond donors (Lipinski definition) is 0. The first-order chi connectivity index (χ1) is 9.72. The standard InChI is InChI=1S/C15H26N2O3/c1-16(8-12-2-3-12)9-14-10-17(5-7-20-14)15(18)13-4-6-19-11-13/h12-14H,2-11H2,1H3/t13-,14-/m1/s1. The second kappa shape index (κ2) is 6.41. The predicted octanol–water partition coefficient (Wildman–Crippen LogP) is 0.592. The fourth-order valence-electron chi connectivity index (χ4n) is 3.18. The van der Waals surface area contributed by atoms with Crippen LogP contribution in [0.15, 0.2) is 0 Å². The highest BCUT2D eigenvalue weighted by molar-refractivity contribution is 5.79. The molecular formula is C15H26N2O3. The average molecular weight is 282 g/mol. The fraction of sp³-hybridized carbons (Fsp3) is 0.933. The summed E-state index contributed by atoms with van der Waals surface area (Å²) in [5, 5.41) is 0. The minimum absolute atomic E-state index is 0.0814. The van der Waals surface area contributed by atoms with Gasteiger partial charge in [0.05, 0.1) is 25.2 Å². The van der Waals surface area contributed by atoms with Gasteiger partial charge in [-0.05, 0) is 32.2 Å². The quantitative estimate of drug-likeness (QED) is 0.740. The van der Waals surface area contributed by atoms with Crippen molar-refractivity contribution in [3.05, 3.63) is 0 Å². The highest BCUT2D eigenvalue weighted by atomic mass is 16.5. The lowest BCUT2D eigenvalue weighted by Crippen LogP contribution is -2.51. The molecule has 5 heteroatoms. The van der Waals surface area contributed by atoms with Crippen LogP contribution < -0.4 is 0 Å². The molecule has 2 heterocycles. The molecule has 3 rings (SSSR count). The van der Waals surface area contributed by atoms with Crippen molar-refractivity contribution in [3.8, 4) is 0 Å². The summed E-state index contributed by atoms with van der Waals surface area (Å²) in [5.74, 6) is 1.25. The number of ether oxygens (including phenoxy) is 2. The number of carbonyl (C=O) groups is 1. The van der Waals surface area contributed by atoms with Crippen LogP contribution in [0, 0.1) is 11.8 Å². The third-order valence-electron chi connectivity index (χ3n) is 4.51. The van der Waals surface area contributed by atoms with Gasteiger partial charge in [0.2, 0.25) is 5.91 Å². The van der Waals surface area contributed by atoms with Gasteiger partial charge in [-0.3, -0.25) is 4.79 Å². The minimum Gasteiger partial charge on any atom is -0.381 e. The number of amides is 1. The molecule has 2 saturated heterocycles. The zero-order valence-corrected chi connectivity index (χ0v) is 12.4. The summed E-state index contributed by atoms with van der Waals surface area (Å²) in [5.41, 5.74) is 0. The van der Waals surface area contributed by atoms with Crippen LogP contribution in [-0.2, 0) is 14.3 Å². The number of hydrogen-bond acceptors (Lipinski definition) is 4. The fourth-order valence-corrected chi connectivity index (χ4v) is 3.18. The maximum Gasteiger partial charge on any atom is 0.228 e. The Morgan fingerprint density at radius 2 is 2.10 bits per heavy atom. The van der Waals surface area contributed by atoms with E-state index < -0.39 is 0 Å². The van der Waals surface area contributed by atoms with Crippen molar-refractivity contribution in [1.82, 2.24) is 9.80 Å². The van der Waals surface area contributed by atoms with Crippen LogP contribution in [0.3, 0.4) is 0 Å². The molecule has 3 aliphatic rings. The van der Waals surface area contributed by atoms with Gasteiger partial charge >= 0.3 is 0 Å². The van der Waals surface area contributed by atoms with Crippen molar-refractivity contribution < 1.29 is 14.3 Å². The first-order valence-electron chi connectivity index (χ1n) is 7.89. The van der Waals surface area contributed by atoms with Gasteiger partial charge < -0.3 is 19.3 Å². The molecule has 20 heavy (non-hydrogen) atoms. The maximum atomic E-state index is 12.4. The monoisotopic (exact) mass is 282 g/mol. The van der Waals surface area contributed by atoms with E-state index in [0.29, 0.717) is 13.2 Å². The summed E-state index contributed by atoms with van der Waals surface area (Å²) in [6.45, 7) is 5.58. The van der Waals surface area contributed by atoms with E-state index in [2.05, 4.69) is 11.9 Å². The van der Waals surface area contributed by atoms with E-state index in [0.717, 1.165) is 38.6 Å². The highest BCUT2D eigenvalue weighted by Gasteiger charge is 2.32. The van der Waals surface area contributed by atoms with E-state index in [-0.39, 0.29) is 17.9 Å². The molecule has 114 valence electrons. The number of carbonyl (C=O) groups excluding carboxylic acids is 1. The average Bonchev–Trinajstić information content (AvgIpc) is 3.08. The molecule has 0 aromatic heterocycles. The number of likely N-dealkylation sites (N-methyl/N-ethyl adjacent to an activating group) is 1. The van der Waals surface area contributed by atoms with E-state index in [1.165, 1.54) is 19.4 Å². The lowest BCUT2D eigenvalue weighted by molar-refractivity contribution is -0.143. The topological polar surface area (TPSA) is 42.0 Å². The Kier molecular flexibility index (Phi) is 4.58. The number of morpholine rings is 1. The van der Waals surface area contributed by atoms with Crippen molar-refractivity contribution >= 4 is 5.91 Å². The van der Waals surface area contributed by atoms with Crippen LogP contribution in [-0.4, -0.2) is 74.9 Å². The van der Waals surface area contributed by atoms with Gasteiger partial charge in [-0.2, -0.15) is 0 Å². The molecule has 5 nitrogen and oxygen atoms in total. The Labute approximate surface area is 121 Å². The molecule has 0 N–H and O–H groups in total. The third kappa shape index (κ3) is 3.71. The molecule has 0 aromatic rings. The summed E-state index contributed by atoms with van der Waals surface area (Å²) < 4.78 is 11.2. The molecule has 1 saturated carbocycles. The zero-order chi connectivity index (χ0) is 13.9. The van der Waals surface area contributed by atoms with Crippen LogP contribution in [0.25, 0.3) is 0 Å². The molecule has 2 aliphatic heterocycles. The normalized spacial score (nSPS) is 31.0. The van der Waals surface area contributed by atoms with Gasteiger partial charge in [-0.1, -0.05) is 0 Å². The first kappa shape index (κ1) is 14.3. The Balaban J connectivity index is 1.46. The first-order valence-corrected chi connectivity index (χ1v) is 7.89. The molecule has 2 atom stereocenters. The van der Waals surface area contributed by atoms with Gasteiger partial charge in [-0.25, -0.2) is 0 Å². The second-order valence-electron chi connectivity index (χ2n) is 6.50. The Bertz CT molecular complexity index is 340. The molecule has 0 unspecified atom stereocenters. The van der Waals surface area contributed by atoms with E-state index in [1.807, 2.05) is 4.90 Å². The second-order valence-corrected chi connectivity index (χ2v) is 6.50. The molecular weight excluding hydrogens is 256 g/mol. The van der Waals surface area contributed by atoms with Gasteiger partial charge in [-0.15, -0.1) is 0 Å². The Morgan fingerprint density at radius 3 is 2.80 bits per heavy atom. The molecule has 1 amide bonds. The van der Waals surface area contributed by atoms with E-state index in [1.54, 1.807) is 0 Å². The van der Waals surface area contributed by atoms with Crippen molar-refractivity contribution in [2.45, 2.75) is 25.4 Å². The van der Waals surface area contributed by atoms with Crippen LogP contribution in [0.5, 0.6) is 0 Å². The Hall–Kier alpha value is -0.650. The smallest absolute Gasteiger partial charge is 0.228 e. The molecule has 0 aromatic carbocycles. The molecule has 0 radical (unpaired) electrons. The van der Waals surface area contributed by atoms with Gasteiger partial charge in [0.15, 0.2) is 0 Å². The van der Waals surface area contributed by atoms with E-state index >= 15 is 0 Å². The largest absolute Gasteiger partial charge is 0.381 e. The molecule has 0 spiro atoms. The van der Waals surface area contributed by atoms with Gasteiger partial charge in [0.25, 0.3) is 0 Å². The van der Waals surface area contributed by atoms with Crippen molar-refractivity contribution in [2.24, 2.45) is 11.8 Å². The van der Waals surface area contributed by atoms with Crippen LogP contribution >= 0.6 is 0 Å². The van der Waals surface area contributed by atoms with Crippen LogP contribution in [0.1, 0.15) is 19.3 Å². The van der Waals surface area contributed by atoms with Crippen molar-refractivity contribution in [1.29, 1.82) is 0 Å². The molecule has 3 fully saturated rings. The van der Waals surface area contributed by atoms with Crippen molar-refractivity contribution in [2.75, 3.05) is 53.0 Å². The maximum absolute atomic E-state index is 12.4. The van der Waals surface area contributed by atoms with E-state index in [9.17, 15) is 4.79 Å². The van der Waals surface area contributed by atoms with Gasteiger partial charge in [0, 0.05) is 32.8 Å². The third-order valence-corrected chi connectivity index (χ3v) is 4.51.